The Morgan fingerprint density at radius 2 is 2.10 bits per heavy atom. The van der Waals surface area contributed by atoms with Gasteiger partial charge in [-0.2, -0.15) is 5.10 Å². The zero-order valence-corrected chi connectivity index (χ0v) is 12.0. The van der Waals surface area contributed by atoms with Gasteiger partial charge in [-0.05, 0) is 31.4 Å². The molecule has 1 fully saturated rings. The summed E-state index contributed by atoms with van der Waals surface area (Å²) in [4.78, 5) is 13.1. The molecule has 1 aromatic heterocycles. The van der Waals surface area contributed by atoms with Crippen LogP contribution in [0.5, 0.6) is 0 Å². The van der Waals surface area contributed by atoms with E-state index in [2.05, 4.69) is 40.2 Å². The van der Waals surface area contributed by atoms with Gasteiger partial charge in [0.2, 0.25) is 0 Å². The third-order valence-electron chi connectivity index (χ3n) is 4.06. The first-order valence-electron chi connectivity index (χ1n) is 7.23. The fourth-order valence-corrected chi connectivity index (χ4v) is 2.79. The molecule has 0 radical (unpaired) electrons. The standard InChI is InChI=1S/C16H19N3O2/c1-11-3-2-4-13(9-11)14-10-15(18-17-14)19-7-5-12(6-8-19)16(20)21/h2-4,9-10,12H,5-8H2,1H3,(H,17,18)(H,20,21). The van der Waals surface area contributed by atoms with E-state index in [1.165, 1.54) is 5.56 Å². The summed E-state index contributed by atoms with van der Waals surface area (Å²) < 4.78 is 0. The van der Waals surface area contributed by atoms with E-state index in [-0.39, 0.29) is 5.92 Å². The summed E-state index contributed by atoms with van der Waals surface area (Å²) in [7, 11) is 0. The normalized spacial score (nSPS) is 16.1. The van der Waals surface area contributed by atoms with E-state index in [4.69, 9.17) is 5.11 Å². The van der Waals surface area contributed by atoms with Crippen LogP contribution in [0, 0.1) is 12.8 Å². The molecular formula is C16H19N3O2. The maximum atomic E-state index is 11.0. The molecule has 2 heterocycles. The van der Waals surface area contributed by atoms with Gasteiger partial charge in [-0.25, -0.2) is 0 Å². The molecule has 0 unspecified atom stereocenters. The highest BCUT2D eigenvalue weighted by molar-refractivity contribution is 5.70. The lowest BCUT2D eigenvalue weighted by atomic mass is 9.97. The minimum Gasteiger partial charge on any atom is -0.481 e. The number of aliphatic carboxylic acids is 1. The van der Waals surface area contributed by atoms with Crippen molar-refractivity contribution < 1.29 is 9.90 Å². The third kappa shape index (κ3) is 2.91. The maximum Gasteiger partial charge on any atom is 0.306 e. The summed E-state index contributed by atoms with van der Waals surface area (Å²) in [5.41, 5.74) is 3.33. The molecule has 0 saturated carbocycles. The van der Waals surface area contributed by atoms with Crippen LogP contribution in [-0.2, 0) is 4.79 Å². The number of carbonyl (C=O) groups is 1. The van der Waals surface area contributed by atoms with Crippen LogP contribution in [0.1, 0.15) is 18.4 Å². The number of hydrogen-bond donors (Lipinski definition) is 2. The molecule has 0 atom stereocenters. The first-order chi connectivity index (χ1) is 10.1. The van der Waals surface area contributed by atoms with E-state index in [0.717, 1.165) is 30.2 Å². The molecule has 0 amide bonds. The van der Waals surface area contributed by atoms with E-state index in [1.807, 2.05) is 12.1 Å². The topological polar surface area (TPSA) is 69.2 Å². The lowest BCUT2D eigenvalue weighted by molar-refractivity contribution is -0.142. The van der Waals surface area contributed by atoms with Crippen LogP contribution in [0.3, 0.4) is 0 Å². The molecular weight excluding hydrogens is 266 g/mol. The number of rotatable bonds is 3. The zero-order chi connectivity index (χ0) is 14.8. The zero-order valence-electron chi connectivity index (χ0n) is 12.0. The van der Waals surface area contributed by atoms with Crippen molar-refractivity contribution in [3.8, 4) is 11.3 Å². The third-order valence-corrected chi connectivity index (χ3v) is 4.06. The van der Waals surface area contributed by atoms with E-state index < -0.39 is 5.97 Å². The fraction of sp³-hybridized carbons (Fsp3) is 0.375. The number of aryl methyl sites for hydroxylation is 1. The van der Waals surface area contributed by atoms with E-state index >= 15 is 0 Å². The predicted octanol–water partition coefficient (Wildman–Crippen LogP) is 2.69. The first kappa shape index (κ1) is 13.7. The Morgan fingerprint density at radius 3 is 2.76 bits per heavy atom. The van der Waals surface area contributed by atoms with Crippen molar-refractivity contribution in [2.75, 3.05) is 18.0 Å². The van der Waals surface area contributed by atoms with Crippen LogP contribution >= 0.6 is 0 Å². The molecule has 110 valence electrons. The van der Waals surface area contributed by atoms with Crippen molar-refractivity contribution >= 4 is 11.8 Å². The van der Waals surface area contributed by atoms with Crippen molar-refractivity contribution in [2.45, 2.75) is 19.8 Å². The van der Waals surface area contributed by atoms with Gasteiger partial charge in [0.25, 0.3) is 0 Å². The maximum absolute atomic E-state index is 11.0. The van der Waals surface area contributed by atoms with Gasteiger partial charge in [0, 0.05) is 19.2 Å². The number of anilines is 1. The second kappa shape index (κ2) is 5.60. The van der Waals surface area contributed by atoms with Crippen molar-refractivity contribution in [1.29, 1.82) is 0 Å². The van der Waals surface area contributed by atoms with Gasteiger partial charge < -0.3 is 10.0 Å². The summed E-state index contributed by atoms with van der Waals surface area (Å²) in [6, 6.07) is 10.3. The van der Waals surface area contributed by atoms with E-state index in [1.54, 1.807) is 0 Å². The van der Waals surface area contributed by atoms with Crippen LogP contribution in [0.15, 0.2) is 30.3 Å². The molecule has 0 bridgehead atoms. The molecule has 0 spiro atoms. The lowest BCUT2D eigenvalue weighted by Gasteiger charge is -2.29. The van der Waals surface area contributed by atoms with Crippen molar-refractivity contribution in [3.05, 3.63) is 35.9 Å². The van der Waals surface area contributed by atoms with E-state index in [9.17, 15) is 4.79 Å². The van der Waals surface area contributed by atoms with Crippen molar-refractivity contribution in [1.82, 2.24) is 10.2 Å². The lowest BCUT2D eigenvalue weighted by Crippen LogP contribution is -2.36. The van der Waals surface area contributed by atoms with E-state index in [0.29, 0.717) is 12.8 Å². The molecule has 2 N–H and O–H groups in total. The second-order valence-corrected chi connectivity index (χ2v) is 5.61. The largest absolute Gasteiger partial charge is 0.481 e. The predicted molar refractivity (Wildman–Crippen MR) is 81.3 cm³/mol. The van der Waals surface area contributed by atoms with Gasteiger partial charge in [-0.15, -0.1) is 0 Å². The van der Waals surface area contributed by atoms with Crippen LogP contribution in [0.25, 0.3) is 11.3 Å². The quantitative estimate of drug-likeness (QED) is 0.909. The Bertz CT molecular complexity index is 642. The number of nitrogens with zero attached hydrogens (tertiary/aromatic N) is 2. The minimum atomic E-state index is -0.683. The SMILES string of the molecule is Cc1cccc(-c2cc(N3CCC(C(=O)O)CC3)n[nH]2)c1. The average Bonchev–Trinajstić information content (AvgIpc) is 2.97. The highest BCUT2D eigenvalue weighted by Gasteiger charge is 2.25. The number of hydrogen-bond acceptors (Lipinski definition) is 3. The van der Waals surface area contributed by atoms with Gasteiger partial charge in [-0.3, -0.25) is 9.89 Å². The Kier molecular flexibility index (Phi) is 3.64. The Balaban J connectivity index is 1.73. The van der Waals surface area contributed by atoms with Gasteiger partial charge in [-0.1, -0.05) is 23.8 Å². The summed E-state index contributed by atoms with van der Waals surface area (Å²) in [5, 5.41) is 16.5. The van der Waals surface area contributed by atoms with Crippen molar-refractivity contribution in [2.24, 2.45) is 5.92 Å². The monoisotopic (exact) mass is 285 g/mol. The number of carboxylic acids is 1. The number of carboxylic acid groups (broad SMARTS) is 1. The molecule has 3 rings (SSSR count). The van der Waals surface area contributed by atoms with Crippen LogP contribution < -0.4 is 4.90 Å². The number of aromatic nitrogens is 2. The fourth-order valence-electron chi connectivity index (χ4n) is 2.79. The molecule has 1 aliphatic heterocycles. The van der Waals surface area contributed by atoms with Crippen molar-refractivity contribution in [3.63, 3.8) is 0 Å². The second-order valence-electron chi connectivity index (χ2n) is 5.61. The van der Waals surface area contributed by atoms with Gasteiger partial charge in [0.05, 0.1) is 11.6 Å². The molecule has 5 heteroatoms. The van der Waals surface area contributed by atoms with Crippen LogP contribution in [0.4, 0.5) is 5.82 Å². The molecule has 1 aromatic carbocycles. The highest BCUT2D eigenvalue weighted by Crippen LogP contribution is 2.26. The summed E-state index contributed by atoms with van der Waals surface area (Å²) in [6.45, 7) is 3.56. The average molecular weight is 285 g/mol. The van der Waals surface area contributed by atoms with Gasteiger partial charge >= 0.3 is 5.97 Å². The summed E-state index contributed by atoms with van der Waals surface area (Å²) in [5.74, 6) is 0.00362. The number of aromatic amines is 1. The first-order valence-corrected chi connectivity index (χ1v) is 7.23. The summed E-state index contributed by atoms with van der Waals surface area (Å²) >= 11 is 0. The Hall–Kier alpha value is -2.30. The van der Waals surface area contributed by atoms with Gasteiger partial charge in [0.15, 0.2) is 5.82 Å². The molecule has 1 aliphatic rings. The Labute approximate surface area is 123 Å². The molecule has 2 aromatic rings. The minimum absolute atomic E-state index is 0.212. The highest BCUT2D eigenvalue weighted by atomic mass is 16.4. The molecule has 21 heavy (non-hydrogen) atoms. The molecule has 0 aliphatic carbocycles. The van der Waals surface area contributed by atoms with Crippen LogP contribution in [-0.4, -0.2) is 34.4 Å². The number of H-pyrrole nitrogens is 1. The number of nitrogens with one attached hydrogen (secondary N) is 1. The molecule has 1 saturated heterocycles. The van der Waals surface area contributed by atoms with Gasteiger partial charge in [0.1, 0.15) is 0 Å². The number of piperidine rings is 1. The smallest absolute Gasteiger partial charge is 0.306 e. The summed E-state index contributed by atoms with van der Waals surface area (Å²) in [6.07, 6.45) is 1.37. The van der Waals surface area contributed by atoms with Crippen LogP contribution in [0.2, 0.25) is 0 Å². The number of benzene rings is 1. The Morgan fingerprint density at radius 1 is 1.33 bits per heavy atom. The molecule has 5 nitrogen and oxygen atoms in total.